The summed E-state index contributed by atoms with van der Waals surface area (Å²) < 4.78 is 0. The van der Waals surface area contributed by atoms with Gasteiger partial charge in [-0.2, -0.15) is 0 Å². The number of urea groups is 1. The largest absolute Gasteiger partial charge is 0.396 e. The summed E-state index contributed by atoms with van der Waals surface area (Å²) in [5, 5.41) is 42.7. The van der Waals surface area contributed by atoms with E-state index < -0.39 is 103 Å². The van der Waals surface area contributed by atoms with E-state index in [1.54, 1.807) is 71.1 Å². The first-order valence-electron chi connectivity index (χ1n) is 35.7. The summed E-state index contributed by atoms with van der Waals surface area (Å²) in [4.78, 5) is 142. The molecular weight excluding hydrogens is 1270 g/mol. The molecule has 3 aromatic rings. The molecule has 0 saturated carbocycles. The lowest BCUT2D eigenvalue weighted by molar-refractivity contribution is -0.144. The minimum Gasteiger partial charge on any atom is -0.396 e. The van der Waals surface area contributed by atoms with E-state index in [-0.39, 0.29) is 91.7 Å². The van der Waals surface area contributed by atoms with Crippen LogP contribution in [0.5, 0.6) is 0 Å². The predicted molar refractivity (Wildman–Crippen MR) is 389 cm³/mol. The molecule has 24 heteroatoms. The van der Waals surface area contributed by atoms with Crippen molar-refractivity contribution in [2.45, 2.75) is 182 Å². The van der Waals surface area contributed by atoms with Gasteiger partial charge >= 0.3 is 6.03 Å². The summed E-state index contributed by atoms with van der Waals surface area (Å²) in [5.74, 6) is -6.43. The van der Waals surface area contributed by atoms with Gasteiger partial charge in [-0.15, -0.1) is 0 Å². The zero-order valence-electron chi connectivity index (χ0n) is 61.0. The Balaban J connectivity index is 1.18. The standard InChI is InChI=1S/C76H114N12O12/c1-14-50(8)69(86(13)75(99)67(48(4)5)84-74(98)68(49(6)7)85(11)12)55(45-89)42-66(93)88-40-22-27-64(88)61(46-90)52(10)70(94)83-63(41-53-23-17-15-18-24-53)73(97)81-58-35-33-56(34-36-58)79-44-54-29-31-57(32-30-54)80-72(96)62(26-21-38-78-76(77)100)82-71(95)60(47(2)3)43-59(91)25-19-16-20-39-87-51(9)28-37-65(87)92/h15,17-18,23-24,28-37,47-50,52,55,60-64,67-69,79,89-90H,9,14,16,19-22,25-27,38-46H2,1-8,10-13H3,(H,80,96)(H,81,97)(H,82,95)(H,83,94)(H,84,98)(H3,77,78,100)/t50-,52+,55-,60?,61+,62-,63-,64-,67-,68-,69-/m0/s1. The molecule has 11 atom stereocenters. The highest BCUT2D eigenvalue weighted by Crippen LogP contribution is 2.33. The van der Waals surface area contributed by atoms with Gasteiger partial charge in [0, 0.05) is 137 Å². The number of hydrogen-bond acceptors (Lipinski definition) is 14. The van der Waals surface area contributed by atoms with Crippen molar-refractivity contribution in [2.24, 2.45) is 53.1 Å². The lowest BCUT2D eigenvalue weighted by atomic mass is 9.83. The summed E-state index contributed by atoms with van der Waals surface area (Å²) >= 11 is 0. The number of Topliss-reactive ketones (excluding diaryl/α,β-unsaturated/α-hetero) is 1. The van der Waals surface area contributed by atoms with Crippen LogP contribution < -0.4 is 43.0 Å². The zero-order chi connectivity index (χ0) is 73.9. The van der Waals surface area contributed by atoms with Crippen LogP contribution in [0.15, 0.2) is 103 Å². The maximum absolute atomic E-state index is 14.6. The Hall–Kier alpha value is -8.48. The van der Waals surface area contributed by atoms with Crippen molar-refractivity contribution >= 4 is 76.1 Å². The fourth-order valence-corrected chi connectivity index (χ4v) is 13.6. The Morgan fingerprint density at radius 1 is 0.670 bits per heavy atom. The van der Waals surface area contributed by atoms with E-state index in [0.29, 0.717) is 75.2 Å². The van der Waals surface area contributed by atoms with Gasteiger partial charge < -0.3 is 67.9 Å². The number of hydrogen-bond donors (Lipinski definition) is 10. The number of nitrogens with one attached hydrogen (secondary N) is 7. The van der Waals surface area contributed by atoms with Gasteiger partial charge in [0.25, 0.3) is 5.91 Å². The van der Waals surface area contributed by atoms with Gasteiger partial charge in [-0.25, -0.2) is 4.79 Å². The Morgan fingerprint density at radius 3 is 1.85 bits per heavy atom. The number of likely N-dealkylation sites (N-methyl/N-ethyl adjacent to an activating group) is 2. The van der Waals surface area contributed by atoms with E-state index >= 15 is 0 Å². The van der Waals surface area contributed by atoms with E-state index in [4.69, 9.17) is 5.73 Å². The first-order valence-corrected chi connectivity index (χ1v) is 35.7. The van der Waals surface area contributed by atoms with Crippen LogP contribution >= 0.6 is 0 Å². The zero-order valence-corrected chi connectivity index (χ0v) is 61.0. The quantitative estimate of drug-likeness (QED) is 0.0248. The van der Waals surface area contributed by atoms with Crippen LogP contribution in [0.1, 0.15) is 144 Å². The number of nitrogens with two attached hydrogens (primary N) is 1. The molecule has 0 bridgehead atoms. The highest BCUT2D eigenvalue weighted by molar-refractivity contribution is 5.99. The molecule has 1 unspecified atom stereocenters. The molecule has 11 N–H and O–H groups in total. The molecule has 24 nitrogen and oxygen atoms in total. The van der Waals surface area contributed by atoms with Gasteiger partial charge in [-0.05, 0) is 130 Å². The van der Waals surface area contributed by atoms with Crippen molar-refractivity contribution in [2.75, 3.05) is 69.9 Å². The van der Waals surface area contributed by atoms with Crippen molar-refractivity contribution < 1.29 is 58.2 Å². The van der Waals surface area contributed by atoms with Crippen molar-refractivity contribution in [1.82, 2.24) is 40.9 Å². The smallest absolute Gasteiger partial charge is 0.312 e. The molecule has 2 heterocycles. The van der Waals surface area contributed by atoms with Crippen LogP contribution in [0, 0.1) is 47.3 Å². The molecule has 100 heavy (non-hydrogen) atoms. The van der Waals surface area contributed by atoms with Gasteiger partial charge in [0.1, 0.15) is 23.9 Å². The molecule has 10 amide bonds. The lowest BCUT2D eigenvalue weighted by Gasteiger charge is -2.41. The second-order valence-electron chi connectivity index (χ2n) is 28.4. The maximum Gasteiger partial charge on any atom is 0.312 e. The van der Waals surface area contributed by atoms with Crippen molar-refractivity contribution in [1.29, 1.82) is 0 Å². The summed E-state index contributed by atoms with van der Waals surface area (Å²) in [5.41, 5.74) is 9.26. The number of amides is 10. The molecule has 0 aliphatic carbocycles. The second kappa shape index (κ2) is 40.7. The van der Waals surface area contributed by atoms with Gasteiger partial charge in [-0.1, -0.05) is 124 Å². The van der Waals surface area contributed by atoms with Crippen molar-refractivity contribution in [3.63, 3.8) is 0 Å². The predicted octanol–water partition coefficient (Wildman–Crippen LogP) is 7.37. The number of rotatable bonds is 42. The first kappa shape index (κ1) is 82.2. The van der Waals surface area contributed by atoms with Gasteiger partial charge in [-0.3, -0.25) is 48.1 Å². The number of aliphatic hydroxyl groups is 2. The molecule has 2 aliphatic heterocycles. The van der Waals surface area contributed by atoms with E-state index in [1.807, 2.05) is 117 Å². The van der Waals surface area contributed by atoms with Gasteiger partial charge in [0.15, 0.2) is 0 Å². The van der Waals surface area contributed by atoms with Crippen LogP contribution in [-0.2, 0) is 56.1 Å². The monoisotopic (exact) mass is 1390 g/mol. The molecule has 1 saturated heterocycles. The molecule has 0 aromatic heterocycles. The normalized spacial score (nSPS) is 16.8. The number of ketones is 1. The third-order valence-electron chi connectivity index (χ3n) is 19.6. The van der Waals surface area contributed by atoms with E-state index in [0.717, 1.165) is 23.2 Å². The number of unbranched alkanes of at least 4 members (excludes halogenated alkanes) is 2. The van der Waals surface area contributed by atoms with Crippen molar-refractivity contribution in [3.05, 3.63) is 114 Å². The summed E-state index contributed by atoms with van der Waals surface area (Å²) in [7, 11) is 5.32. The molecule has 3 aromatic carbocycles. The number of likely N-dealkylation sites (tertiary alicyclic amines) is 1. The van der Waals surface area contributed by atoms with E-state index in [1.165, 1.54) is 6.08 Å². The van der Waals surface area contributed by atoms with Crippen LogP contribution in [0.25, 0.3) is 0 Å². The Morgan fingerprint density at radius 2 is 1.29 bits per heavy atom. The van der Waals surface area contributed by atoms with E-state index in [2.05, 4.69) is 43.8 Å². The minimum absolute atomic E-state index is 0.00759. The number of allylic oxidation sites excluding steroid dienone is 1. The first-order chi connectivity index (χ1) is 47.5. The molecular formula is C76H114N12O12. The van der Waals surface area contributed by atoms with Gasteiger partial charge in [0.2, 0.25) is 41.4 Å². The number of benzene rings is 3. The van der Waals surface area contributed by atoms with Crippen LogP contribution in [-0.4, -0.2) is 179 Å². The highest BCUT2D eigenvalue weighted by atomic mass is 16.3. The highest BCUT2D eigenvalue weighted by Gasteiger charge is 2.43. The van der Waals surface area contributed by atoms with E-state index in [9.17, 15) is 58.2 Å². The average molecular weight is 1390 g/mol. The summed E-state index contributed by atoms with van der Waals surface area (Å²) in [6, 6.07) is 18.3. The molecule has 550 valence electrons. The van der Waals surface area contributed by atoms with Crippen LogP contribution in [0.4, 0.5) is 21.9 Å². The van der Waals surface area contributed by atoms with Crippen LogP contribution in [0.3, 0.4) is 0 Å². The molecule has 1 fully saturated rings. The summed E-state index contributed by atoms with van der Waals surface area (Å²) in [6.07, 6.45) is 7.80. The Kier molecular flexibility index (Phi) is 33.4. The number of carbonyl (C=O) groups excluding carboxylic acids is 10. The topological polar surface area (TPSA) is 334 Å². The number of carbonyl (C=O) groups is 10. The Bertz CT molecular complexity index is 3210. The van der Waals surface area contributed by atoms with Crippen LogP contribution in [0.2, 0.25) is 0 Å². The fourth-order valence-electron chi connectivity index (χ4n) is 13.6. The molecule has 2 aliphatic rings. The average Bonchev–Trinajstić information content (AvgIpc) is 1.46. The minimum atomic E-state index is -1.04. The lowest BCUT2D eigenvalue weighted by Crippen LogP contribution is -2.59. The third-order valence-corrected chi connectivity index (χ3v) is 19.6. The number of anilines is 3. The van der Waals surface area contributed by atoms with Crippen molar-refractivity contribution in [3.8, 4) is 0 Å². The second-order valence-corrected chi connectivity index (χ2v) is 28.4. The number of primary amides is 1. The number of aliphatic hydroxyl groups excluding tert-OH is 2. The molecule has 0 radical (unpaired) electrons. The third kappa shape index (κ3) is 24.7. The molecule has 0 spiro atoms. The Labute approximate surface area is 592 Å². The number of nitrogens with zero attached hydrogens (tertiary/aromatic N) is 4. The maximum atomic E-state index is 14.6. The summed E-state index contributed by atoms with van der Waals surface area (Å²) in [6.45, 7) is 21.5. The molecule has 5 rings (SSSR count). The van der Waals surface area contributed by atoms with Gasteiger partial charge in [0.05, 0.1) is 6.04 Å². The fraction of sp³-hybridized carbons (Fsp3) is 0.579. The SMILES string of the molecule is C=C1C=CC(=O)N1CCCCCC(=O)CC(C(=O)N[C@@H](CCCNC(N)=O)C(=O)Nc1ccc(CNc2ccc(NC(=O)[C@H](Cc3ccccc3)NC(=O)[C@H](C)[C@@H](CO)[C@@H]3CCCN3C(=O)C[C@@H](CO)[C@H]([C@@H](C)CC)N(C)C(=O)[C@@H](NC(=O)[C@H](C(C)C)N(C)C)C(C)C)cc2)cc1)C(C)C.